The van der Waals surface area contributed by atoms with Gasteiger partial charge in [-0.3, -0.25) is 14.2 Å². The summed E-state index contributed by atoms with van der Waals surface area (Å²) in [7, 11) is 1.10. The van der Waals surface area contributed by atoms with Gasteiger partial charge in [-0.15, -0.1) is 0 Å². The molecular weight excluding hydrogens is 1060 g/mol. The molecule has 0 spiro atoms. The molecule has 470 valence electrons. The van der Waals surface area contributed by atoms with Crippen molar-refractivity contribution in [3.63, 3.8) is 0 Å². The SMILES string of the molecule is CC/C=C\C/C=C\C/C=C\C/C=C\C/C=C\C/C=C\C/C=C\C/C=C\C/C=C\C/C=C\C/C=C\C/C=C\CCCCC(=O)OC(COC(=O)CCCCCCCCCC/C=C\C/C=C\C/C=C\C/C=C\CC)COP(=O)([O-])OCC[N+](C)(C)C. The summed E-state index contributed by atoms with van der Waals surface area (Å²) in [5, 5.41) is 0. The van der Waals surface area contributed by atoms with E-state index in [-0.39, 0.29) is 26.1 Å². The lowest BCUT2D eigenvalue weighted by Gasteiger charge is -2.28. The minimum Gasteiger partial charge on any atom is -0.756 e. The van der Waals surface area contributed by atoms with E-state index in [9.17, 15) is 19.0 Å². The first-order chi connectivity index (χ1) is 41.0. The first-order valence-electron chi connectivity index (χ1n) is 32.1. The molecule has 0 aromatic heterocycles. The number of hydrogen-bond donors (Lipinski definition) is 0. The number of esters is 2. The predicted octanol–water partition coefficient (Wildman–Crippen LogP) is 20.3. The van der Waals surface area contributed by atoms with Crippen molar-refractivity contribution >= 4 is 19.8 Å². The molecule has 2 unspecified atom stereocenters. The molecule has 0 N–H and O–H groups in total. The van der Waals surface area contributed by atoms with Crippen LogP contribution in [0, 0.1) is 0 Å². The zero-order valence-corrected chi connectivity index (χ0v) is 54.1. The van der Waals surface area contributed by atoms with Crippen molar-refractivity contribution in [1.82, 2.24) is 0 Å². The second-order valence-electron chi connectivity index (χ2n) is 21.7. The first kappa shape index (κ1) is 78.8. The molecular formula is C74H116NO8P. The second kappa shape index (κ2) is 62.4. The fraction of sp³-hybridized carbons (Fsp3) is 0.541. The van der Waals surface area contributed by atoms with E-state index in [0.29, 0.717) is 23.9 Å². The minimum absolute atomic E-state index is 0.0523. The highest BCUT2D eigenvalue weighted by molar-refractivity contribution is 7.45. The Bertz CT molecular complexity index is 2120. The zero-order chi connectivity index (χ0) is 61.2. The van der Waals surface area contributed by atoms with Gasteiger partial charge in [-0.05, 0) is 141 Å². The van der Waals surface area contributed by atoms with Crippen LogP contribution in [0.15, 0.2) is 194 Å². The molecule has 84 heavy (non-hydrogen) atoms. The van der Waals surface area contributed by atoms with Crippen LogP contribution in [0.1, 0.15) is 206 Å². The van der Waals surface area contributed by atoms with Crippen LogP contribution in [0.2, 0.25) is 0 Å². The maximum Gasteiger partial charge on any atom is 0.306 e. The molecule has 9 nitrogen and oxygen atoms in total. The first-order valence-corrected chi connectivity index (χ1v) is 33.6. The molecule has 0 heterocycles. The highest BCUT2D eigenvalue weighted by Gasteiger charge is 2.21. The van der Waals surface area contributed by atoms with E-state index in [0.717, 1.165) is 141 Å². The molecule has 0 saturated heterocycles. The average molecular weight is 1180 g/mol. The summed E-state index contributed by atoms with van der Waals surface area (Å²) in [6, 6.07) is 0. The molecule has 0 aromatic carbocycles. The van der Waals surface area contributed by atoms with Crippen molar-refractivity contribution in [3.8, 4) is 0 Å². The Balaban J connectivity index is 4.27. The number of phosphoric ester groups is 1. The Kier molecular flexibility index (Phi) is 58.6. The van der Waals surface area contributed by atoms with Gasteiger partial charge in [0.15, 0.2) is 6.10 Å². The van der Waals surface area contributed by atoms with Crippen molar-refractivity contribution in [2.75, 3.05) is 47.5 Å². The third-order valence-corrected chi connectivity index (χ3v) is 13.6. The summed E-state index contributed by atoms with van der Waals surface area (Å²) in [5.41, 5.74) is 0. The third kappa shape index (κ3) is 66.0. The van der Waals surface area contributed by atoms with E-state index in [4.69, 9.17) is 18.5 Å². The third-order valence-electron chi connectivity index (χ3n) is 12.6. The van der Waals surface area contributed by atoms with Crippen LogP contribution in [0.25, 0.3) is 0 Å². The Morgan fingerprint density at radius 3 is 0.976 bits per heavy atom. The number of carbonyl (C=O) groups excluding carboxylic acids is 2. The molecule has 0 aromatic rings. The molecule has 0 aliphatic rings. The van der Waals surface area contributed by atoms with Crippen LogP contribution >= 0.6 is 7.82 Å². The topological polar surface area (TPSA) is 111 Å². The quantitative estimate of drug-likeness (QED) is 0.0195. The Hall–Kier alpha value is -5.15. The van der Waals surface area contributed by atoms with Gasteiger partial charge in [-0.2, -0.15) is 0 Å². The number of allylic oxidation sites excluding steroid dienone is 32. The minimum atomic E-state index is -4.67. The standard InChI is InChI=1S/C74H116NO8P/c1-6-8-10-12-14-16-18-20-22-24-26-28-29-30-31-32-33-34-35-36-37-38-39-40-41-42-43-44-45-47-49-51-53-55-57-59-61-63-65-67-74(77)83-72(71-82-84(78,79)81-69-68-75(3,4)5)70-80-73(76)66-64-62-60-58-56-54-52-50-48-46-27-25-23-21-19-17-15-13-11-9-7-2/h8-11,14-17,20-23,26-28,30-31,33-34,36-37,39-40,42-43,45-47,51,53,57,59,72H,6-7,12-13,18-19,24-25,29,32,35,38,41,44,48-50,52,54-56,58,60-71H2,1-5H3/b10-8-,11-9-,16-14-,17-15-,22-20-,23-21-,28-26-,31-30-,34-33-,37-36-,40-39-,43-42-,46-27-,47-45-,53-51-,59-57-. The van der Waals surface area contributed by atoms with Gasteiger partial charge in [-0.1, -0.05) is 247 Å². The van der Waals surface area contributed by atoms with Crippen LogP contribution in [-0.2, 0) is 32.7 Å². The number of quaternary nitrogens is 1. The fourth-order valence-corrected chi connectivity index (χ4v) is 8.47. The van der Waals surface area contributed by atoms with Gasteiger partial charge in [0, 0.05) is 12.8 Å². The average Bonchev–Trinajstić information content (AvgIpc) is 3.61. The maximum atomic E-state index is 12.8. The molecule has 0 amide bonds. The maximum absolute atomic E-state index is 12.8. The Labute approximate surface area is 513 Å². The van der Waals surface area contributed by atoms with Crippen LogP contribution in [0.5, 0.6) is 0 Å². The lowest BCUT2D eigenvalue weighted by Crippen LogP contribution is -2.37. The number of hydrogen-bond acceptors (Lipinski definition) is 8. The van der Waals surface area contributed by atoms with Crippen LogP contribution in [0.4, 0.5) is 0 Å². The summed E-state index contributed by atoms with van der Waals surface area (Å²) >= 11 is 0. The lowest BCUT2D eigenvalue weighted by atomic mass is 10.1. The highest BCUT2D eigenvalue weighted by atomic mass is 31.2. The summed E-state index contributed by atoms with van der Waals surface area (Å²) in [5.74, 6) is -0.911. The highest BCUT2D eigenvalue weighted by Crippen LogP contribution is 2.38. The zero-order valence-electron chi connectivity index (χ0n) is 53.3. The number of rotatable bonds is 56. The number of likely N-dealkylation sites (N-methyl/N-ethyl adjacent to an activating group) is 1. The normalized spacial score (nSPS) is 14.5. The Morgan fingerprint density at radius 1 is 0.369 bits per heavy atom. The van der Waals surface area contributed by atoms with Gasteiger partial charge < -0.3 is 27.9 Å². The van der Waals surface area contributed by atoms with Gasteiger partial charge in [0.2, 0.25) is 0 Å². The smallest absolute Gasteiger partial charge is 0.306 e. The van der Waals surface area contributed by atoms with E-state index in [1.165, 1.54) is 25.7 Å². The largest absolute Gasteiger partial charge is 0.756 e. The molecule has 0 saturated carbocycles. The van der Waals surface area contributed by atoms with E-state index < -0.39 is 32.5 Å². The summed E-state index contributed by atoms with van der Waals surface area (Å²) in [6.07, 6.45) is 97.8. The number of carbonyl (C=O) groups is 2. The molecule has 0 aliphatic heterocycles. The molecule has 0 radical (unpaired) electrons. The number of nitrogens with zero attached hydrogens (tertiary/aromatic N) is 1. The number of phosphoric acid groups is 1. The van der Waals surface area contributed by atoms with Gasteiger partial charge >= 0.3 is 11.9 Å². The van der Waals surface area contributed by atoms with E-state index in [1.54, 1.807) is 0 Å². The molecule has 0 bridgehead atoms. The molecule has 0 rings (SSSR count). The van der Waals surface area contributed by atoms with Gasteiger partial charge in [-0.25, -0.2) is 0 Å². The van der Waals surface area contributed by atoms with Crippen molar-refractivity contribution in [2.45, 2.75) is 213 Å². The van der Waals surface area contributed by atoms with Crippen LogP contribution < -0.4 is 4.89 Å². The molecule has 0 fully saturated rings. The lowest BCUT2D eigenvalue weighted by molar-refractivity contribution is -0.870. The predicted molar refractivity (Wildman–Crippen MR) is 359 cm³/mol. The van der Waals surface area contributed by atoms with Crippen molar-refractivity contribution < 1.29 is 42.1 Å². The van der Waals surface area contributed by atoms with Gasteiger partial charge in [0.05, 0.1) is 27.7 Å². The second-order valence-corrected chi connectivity index (χ2v) is 23.1. The van der Waals surface area contributed by atoms with E-state index in [1.807, 2.05) is 21.1 Å². The summed E-state index contributed by atoms with van der Waals surface area (Å²) in [4.78, 5) is 37.9. The summed E-state index contributed by atoms with van der Waals surface area (Å²) < 4.78 is 34.1. The summed E-state index contributed by atoms with van der Waals surface area (Å²) in [6.45, 7) is 3.92. The van der Waals surface area contributed by atoms with Gasteiger partial charge in [0.25, 0.3) is 7.82 Å². The van der Waals surface area contributed by atoms with Crippen molar-refractivity contribution in [1.29, 1.82) is 0 Å². The van der Waals surface area contributed by atoms with E-state index in [2.05, 4.69) is 208 Å². The molecule has 0 aliphatic carbocycles. The van der Waals surface area contributed by atoms with Crippen molar-refractivity contribution in [3.05, 3.63) is 194 Å². The fourth-order valence-electron chi connectivity index (χ4n) is 7.74. The Morgan fingerprint density at radius 2 is 0.643 bits per heavy atom. The van der Waals surface area contributed by atoms with Crippen LogP contribution in [0.3, 0.4) is 0 Å². The van der Waals surface area contributed by atoms with Crippen LogP contribution in [-0.4, -0.2) is 70.0 Å². The number of unbranched alkanes of at least 4 members (excludes halogenated alkanes) is 10. The van der Waals surface area contributed by atoms with Crippen molar-refractivity contribution in [2.24, 2.45) is 0 Å². The monoisotopic (exact) mass is 1180 g/mol. The van der Waals surface area contributed by atoms with E-state index >= 15 is 0 Å². The molecule has 2 atom stereocenters. The molecule has 10 heteroatoms. The van der Waals surface area contributed by atoms with Gasteiger partial charge in [0.1, 0.15) is 19.8 Å². The number of ether oxygens (including phenoxy) is 2.